The number of nitrogens with zero attached hydrogens (tertiary/aromatic N) is 1. The fraction of sp³-hybridized carbons (Fsp3) is 0.579. The van der Waals surface area contributed by atoms with Gasteiger partial charge in [0, 0.05) is 18.7 Å². The van der Waals surface area contributed by atoms with Gasteiger partial charge in [-0.2, -0.15) is 0 Å². The number of aryl methyl sites for hydroxylation is 1. The van der Waals surface area contributed by atoms with E-state index in [-0.39, 0.29) is 18.2 Å². The predicted octanol–water partition coefficient (Wildman–Crippen LogP) is 2.21. The predicted molar refractivity (Wildman–Crippen MR) is 95.5 cm³/mol. The lowest BCUT2D eigenvalue weighted by Crippen LogP contribution is -2.52. The molecule has 138 valence electrons. The Morgan fingerprint density at radius 1 is 1.32 bits per heavy atom. The van der Waals surface area contributed by atoms with Crippen LogP contribution >= 0.6 is 0 Å². The molecule has 0 radical (unpaired) electrons. The molecule has 1 saturated heterocycles. The second-order valence-corrected chi connectivity index (χ2v) is 6.64. The van der Waals surface area contributed by atoms with Crippen molar-refractivity contribution < 1.29 is 19.1 Å². The Morgan fingerprint density at radius 3 is 2.56 bits per heavy atom. The molecule has 1 aromatic carbocycles. The molecule has 3 atom stereocenters. The van der Waals surface area contributed by atoms with Crippen molar-refractivity contribution >= 4 is 11.8 Å². The quantitative estimate of drug-likeness (QED) is 0.847. The van der Waals surface area contributed by atoms with Gasteiger partial charge in [-0.05, 0) is 40.7 Å². The summed E-state index contributed by atoms with van der Waals surface area (Å²) < 4.78 is 11.2. The van der Waals surface area contributed by atoms with E-state index in [0.717, 1.165) is 16.9 Å². The van der Waals surface area contributed by atoms with Gasteiger partial charge in [-0.15, -0.1) is 0 Å². The summed E-state index contributed by atoms with van der Waals surface area (Å²) in [6.07, 6.45) is -0.140. The summed E-state index contributed by atoms with van der Waals surface area (Å²) in [6, 6.07) is 5.50. The SMILES string of the molecule is CCOc1ccc(C)cc1C(C)NC(=O)C(=O)N1CC(C)OC(C)C1. The smallest absolute Gasteiger partial charge is 0.312 e. The molecular weight excluding hydrogens is 320 g/mol. The van der Waals surface area contributed by atoms with Crippen molar-refractivity contribution in [3.63, 3.8) is 0 Å². The standard InChI is InChI=1S/C19H28N2O4/c1-6-24-17-8-7-12(2)9-16(17)15(5)20-18(22)19(23)21-10-13(3)25-14(4)11-21/h7-9,13-15H,6,10-11H2,1-5H3,(H,20,22). The van der Waals surface area contributed by atoms with Gasteiger partial charge in [0.25, 0.3) is 0 Å². The molecule has 0 aliphatic carbocycles. The maximum absolute atomic E-state index is 12.5. The molecular formula is C19H28N2O4. The summed E-state index contributed by atoms with van der Waals surface area (Å²) >= 11 is 0. The topological polar surface area (TPSA) is 67.9 Å². The maximum atomic E-state index is 12.5. The third kappa shape index (κ3) is 4.95. The number of hydrogen-bond acceptors (Lipinski definition) is 4. The highest BCUT2D eigenvalue weighted by Crippen LogP contribution is 2.26. The van der Waals surface area contributed by atoms with Crippen molar-refractivity contribution in [2.75, 3.05) is 19.7 Å². The second-order valence-electron chi connectivity index (χ2n) is 6.64. The zero-order valence-corrected chi connectivity index (χ0v) is 15.7. The van der Waals surface area contributed by atoms with Crippen LogP contribution in [0.3, 0.4) is 0 Å². The maximum Gasteiger partial charge on any atom is 0.312 e. The van der Waals surface area contributed by atoms with Crippen LogP contribution < -0.4 is 10.1 Å². The summed E-state index contributed by atoms with van der Waals surface area (Å²) in [6.45, 7) is 11.0. The Balaban J connectivity index is 2.07. The van der Waals surface area contributed by atoms with Gasteiger partial charge < -0.3 is 19.7 Å². The average Bonchev–Trinajstić information content (AvgIpc) is 2.54. The minimum Gasteiger partial charge on any atom is -0.494 e. The van der Waals surface area contributed by atoms with Gasteiger partial charge in [-0.1, -0.05) is 17.7 Å². The van der Waals surface area contributed by atoms with Crippen LogP contribution in [0.1, 0.15) is 44.9 Å². The summed E-state index contributed by atoms with van der Waals surface area (Å²) in [5.41, 5.74) is 1.94. The van der Waals surface area contributed by atoms with E-state index in [0.29, 0.717) is 19.7 Å². The van der Waals surface area contributed by atoms with Gasteiger partial charge in [0.1, 0.15) is 5.75 Å². The highest BCUT2D eigenvalue weighted by molar-refractivity contribution is 6.35. The molecule has 2 amide bonds. The molecule has 6 heteroatoms. The molecule has 1 aromatic rings. The van der Waals surface area contributed by atoms with Crippen LogP contribution in [0.2, 0.25) is 0 Å². The molecule has 3 unspecified atom stereocenters. The van der Waals surface area contributed by atoms with Gasteiger partial charge in [0.05, 0.1) is 24.9 Å². The molecule has 1 aliphatic heterocycles. The molecule has 1 N–H and O–H groups in total. The third-order valence-electron chi connectivity index (χ3n) is 4.18. The third-order valence-corrected chi connectivity index (χ3v) is 4.18. The largest absolute Gasteiger partial charge is 0.494 e. The van der Waals surface area contributed by atoms with E-state index in [9.17, 15) is 9.59 Å². The van der Waals surface area contributed by atoms with E-state index in [1.807, 2.05) is 52.8 Å². The van der Waals surface area contributed by atoms with Crippen LogP contribution in [0.5, 0.6) is 5.75 Å². The minimum absolute atomic E-state index is 0.0701. The minimum atomic E-state index is -0.599. The molecule has 6 nitrogen and oxygen atoms in total. The van der Waals surface area contributed by atoms with E-state index >= 15 is 0 Å². The Hall–Kier alpha value is -2.08. The number of amides is 2. The fourth-order valence-corrected chi connectivity index (χ4v) is 3.12. The Morgan fingerprint density at radius 2 is 1.96 bits per heavy atom. The first-order valence-corrected chi connectivity index (χ1v) is 8.80. The highest BCUT2D eigenvalue weighted by atomic mass is 16.5. The molecule has 1 aliphatic rings. The van der Waals surface area contributed by atoms with E-state index in [1.165, 1.54) is 0 Å². The van der Waals surface area contributed by atoms with E-state index < -0.39 is 11.8 Å². The number of benzene rings is 1. The number of hydrogen-bond donors (Lipinski definition) is 1. The van der Waals surface area contributed by atoms with Crippen molar-refractivity contribution in [2.24, 2.45) is 0 Å². The van der Waals surface area contributed by atoms with E-state index in [2.05, 4.69) is 5.32 Å². The number of rotatable bonds is 4. The number of carbonyl (C=O) groups is 2. The number of morpholine rings is 1. The fourth-order valence-electron chi connectivity index (χ4n) is 3.12. The lowest BCUT2D eigenvalue weighted by atomic mass is 10.0. The van der Waals surface area contributed by atoms with Gasteiger partial charge in [-0.3, -0.25) is 9.59 Å². The molecule has 25 heavy (non-hydrogen) atoms. The first-order chi connectivity index (χ1) is 11.8. The van der Waals surface area contributed by atoms with Crippen molar-refractivity contribution in [2.45, 2.75) is 52.9 Å². The molecule has 1 fully saturated rings. The lowest BCUT2D eigenvalue weighted by Gasteiger charge is -2.35. The van der Waals surface area contributed by atoms with E-state index in [4.69, 9.17) is 9.47 Å². The Bertz CT molecular complexity index is 622. The highest BCUT2D eigenvalue weighted by Gasteiger charge is 2.30. The van der Waals surface area contributed by atoms with Crippen molar-refractivity contribution in [1.29, 1.82) is 0 Å². The zero-order valence-electron chi connectivity index (χ0n) is 15.7. The molecule has 2 rings (SSSR count). The molecule has 0 aromatic heterocycles. The van der Waals surface area contributed by atoms with Crippen molar-refractivity contribution in [1.82, 2.24) is 10.2 Å². The normalized spacial score (nSPS) is 21.6. The van der Waals surface area contributed by atoms with Crippen LogP contribution in [-0.2, 0) is 14.3 Å². The monoisotopic (exact) mass is 348 g/mol. The summed E-state index contributed by atoms with van der Waals surface area (Å²) in [5.74, 6) is -0.390. The van der Waals surface area contributed by atoms with Crippen LogP contribution in [0.4, 0.5) is 0 Å². The summed E-state index contributed by atoms with van der Waals surface area (Å²) in [5, 5.41) is 2.80. The van der Waals surface area contributed by atoms with Crippen molar-refractivity contribution in [3.05, 3.63) is 29.3 Å². The second kappa shape index (κ2) is 8.34. The van der Waals surface area contributed by atoms with Gasteiger partial charge >= 0.3 is 11.8 Å². The molecule has 0 spiro atoms. The van der Waals surface area contributed by atoms with Crippen molar-refractivity contribution in [3.8, 4) is 5.75 Å². The lowest BCUT2D eigenvalue weighted by molar-refractivity contribution is -0.153. The van der Waals surface area contributed by atoms with Crippen LogP contribution in [0.25, 0.3) is 0 Å². The van der Waals surface area contributed by atoms with Crippen LogP contribution in [-0.4, -0.2) is 48.6 Å². The van der Waals surface area contributed by atoms with Gasteiger partial charge in [0.2, 0.25) is 0 Å². The van der Waals surface area contributed by atoms with Crippen LogP contribution in [0, 0.1) is 6.92 Å². The van der Waals surface area contributed by atoms with E-state index in [1.54, 1.807) is 4.90 Å². The van der Waals surface area contributed by atoms with Gasteiger partial charge in [-0.25, -0.2) is 0 Å². The summed E-state index contributed by atoms with van der Waals surface area (Å²) in [4.78, 5) is 26.4. The average molecular weight is 348 g/mol. The van der Waals surface area contributed by atoms with Gasteiger partial charge in [0.15, 0.2) is 0 Å². The first kappa shape index (κ1) is 19.2. The number of carbonyl (C=O) groups excluding carboxylic acids is 2. The first-order valence-electron chi connectivity index (χ1n) is 8.80. The zero-order chi connectivity index (χ0) is 18.6. The molecule has 0 saturated carbocycles. The Labute approximate surface area is 149 Å². The number of nitrogens with one attached hydrogen (secondary N) is 1. The van der Waals surface area contributed by atoms with Crippen LogP contribution in [0.15, 0.2) is 18.2 Å². The molecule has 1 heterocycles. The summed E-state index contributed by atoms with van der Waals surface area (Å²) in [7, 11) is 0. The Kier molecular flexibility index (Phi) is 6.42. The molecule has 0 bridgehead atoms. The number of ether oxygens (including phenoxy) is 2.